The summed E-state index contributed by atoms with van der Waals surface area (Å²) in [7, 11) is 0. The van der Waals surface area contributed by atoms with Gasteiger partial charge in [-0.2, -0.15) is 0 Å². The first-order chi connectivity index (χ1) is 9.81. The summed E-state index contributed by atoms with van der Waals surface area (Å²) < 4.78 is 0. The van der Waals surface area contributed by atoms with Gasteiger partial charge in [-0.25, -0.2) is 0 Å². The van der Waals surface area contributed by atoms with E-state index in [9.17, 15) is 4.79 Å². The van der Waals surface area contributed by atoms with E-state index in [0.29, 0.717) is 0 Å². The standard InChI is InChI=1S/C17H15NOS/c1-2-18-15(12-8-4-3-5-9-12)17-16(19)13-10-6-7-11-14(13)20-17/h3-11,18H,2H2,1H3/b17-15+. The van der Waals surface area contributed by atoms with E-state index >= 15 is 0 Å². The molecule has 0 radical (unpaired) electrons. The Bertz CT molecular complexity index is 676. The molecule has 1 N–H and O–H groups in total. The van der Waals surface area contributed by atoms with Gasteiger partial charge in [0.1, 0.15) is 0 Å². The molecule has 0 aliphatic carbocycles. The van der Waals surface area contributed by atoms with Gasteiger partial charge in [0.05, 0.1) is 10.6 Å². The highest BCUT2D eigenvalue weighted by molar-refractivity contribution is 8.05. The molecule has 0 bridgehead atoms. The molecule has 1 heterocycles. The quantitative estimate of drug-likeness (QED) is 0.864. The van der Waals surface area contributed by atoms with Crippen molar-refractivity contribution in [3.8, 4) is 0 Å². The van der Waals surface area contributed by atoms with Gasteiger partial charge in [-0.05, 0) is 24.6 Å². The maximum absolute atomic E-state index is 12.6. The summed E-state index contributed by atoms with van der Waals surface area (Å²) in [4.78, 5) is 14.4. The first-order valence-electron chi connectivity index (χ1n) is 6.66. The Labute approximate surface area is 122 Å². The number of carbonyl (C=O) groups excluding carboxylic acids is 1. The van der Waals surface area contributed by atoms with Gasteiger partial charge < -0.3 is 5.32 Å². The van der Waals surface area contributed by atoms with Crippen molar-refractivity contribution in [2.75, 3.05) is 6.54 Å². The van der Waals surface area contributed by atoms with E-state index in [1.807, 2.05) is 61.5 Å². The van der Waals surface area contributed by atoms with Crippen LogP contribution in [0.2, 0.25) is 0 Å². The van der Waals surface area contributed by atoms with E-state index < -0.39 is 0 Å². The number of hydrogen-bond donors (Lipinski definition) is 1. The fourth-order valence-corrected chi connectivity index (χ4v) is 3.41. The molecule has 3 heteroatoms. The number of fused-ring (bicyclic) bond motifs is 1. The van der Waals surface area contributed by atoms with E-state index in [2.05, 4.69) is 5.32 Å². The Hall–Kier alpha value is -2.00. The molecule has 20 heavy (non-hydrogen) atoms. The van der Waals surface area contributed by atoms with Crippen molar-refractivity contribution in [3.05, 3.63) is 70.6 Å². The van der Waals surface area contributed by atoms with Crippen LogP contribution in [0.5, 0.6) is 0 Å². The smallest absolute Gasteiger partial charge is 0.202 e. The van der Waals surface area contributed by atoms with Crippen LogP contribution in [0.1, 0.15) is 22.8 Å². The minimum absolute atomic E-state index is 0.116. The van der Waals surface area contributed by atoms with Crippen molar-refractivity contribution in [2.45, 2.75) is 11.8 Å². The van der Waals surface area contributed by atoms with Crippen LogP contribution in [0.15, 0.2) is 64.4 Å². The summed E-state index contributed by atoms with van der Waals surface area (Å²) in [5.41, 5.74) is 2.79. The van der Waals surface area contributed by atoms with Gasteiger partial charge in [-0.15, -0.1) is 0 Å². The highest BCUT2D eigenvalue weighted by Gasteiger charge is 2.28. The van der Waals surface area contributed by atoms with Crippen LogP contribution in [0.25, 0.3) is 5.70 Å². The molecule has 1 aliphatic rings. The van der Waals surface area contributed by atoms with Crippen LogP contribution in [0.3, 0.4) is 0 Å². The summed E-state index contributed by atoms with van der Waals surface area (Å²) in [6, 6.07) is 17.8. The minimum atomic E-state index is 0.116. The van der Waals surface area contributed by atoms with Gasteiger partial charge >= 0.3 is 0 Å². The number of ketones is 1. The molecule has 2 aromatic rings. The number of benzene rings is 2. The van der Waals surface area contributed by atoms with Crippen molar-refractivity contribution < 1.29 is 4.79 Å². The number of rotatable bonds is 3. The van der Waals surface area contributed by atoms with Crippen molar-refractivity contribution >= 4 is 23.2 Å². The first-order valence-corrected chi connectivity index (χ1v) is 7.48. The SMILES string of the molecule is CCN/C(=C1/Sc2ccccc2C1=O)c1ccccc1. The molecule has 3 rings (SSSR count). The maximum Gasteiger partial charge on any atom is 0.202 e. The summed E-state index contributed by atoms with van der Waals surface area (Å²) in [5, 5.41) is 3.34. The van der Waals surface area contributed by atoms with Gasteiger partial charge in [-0.3, -0.25) is 4.79 Å². The molecule has 0 saturated heterocycles. The Morgan fingerprint density at radius 3 is 2.45 bits per heavy atom. The molecular weight excluding hydrogens is 266 g/mol. The van der Waals surface area contributed by atoms with Gasteiger partial charge in [0.15, 0.2) is 0 Å². The van der Waals surface area contributed by atoms with Crippen molar-refractivity contribution in [2.24, 2.45) is 0 Å². The number of thioether (sulfide) groups is 1. The van der Waals surface area contributed by atoms with Crippen molar-refractivity contribution in [3.63, 3.8) is 0 Å². The minimum Gasteiger partial charge on any atom is -0.384 e. The number of hydrogen-bond acceptors (Lipinski definition) is 3. The van der Waals surface area contributed by atoms with E-state index in [0.717, 1.165) is 33.2 Å². The zero-order chi connectivity index (χ0) is 13.9. The zero-order valence-electron chi connectivity index (χ0n) is 11.2. The number of carbonyl (C=O) groups is 1. The van der Waals surface area contributed by atoms with Crippen LogP contribution < -0.4 is 5.32 Å². The Balaban J connectivity index is 2.10. The zero-order valence-corrected chi connectivity index (χ0v) is 12.0. The highest BCUT2D eigenvalue weighted by Crippen LogP contribution is 2.42. The third-order valence-corrected chi connectivity index (χ3v) is 4.36. The molecule has 1 aliphatic heterocycles. The molecule has 0 spiro atoms. The fraction of sp³-hybridized carbons (Fsp3) is 0.118. The summed E-state index contributed by atoms with van der Waals surface area (Å²) in [6.07, 6.45) is 0. The molecule has 0 fully saturated rings. The Kier molecular flexibility index (Phi) is 3.61. The summed E-state index contributed by atoms with van der Waals surface area (Å²) in [5.74, 6) is 0.116. The largest absolute Gasteiger partial charge is 0.384 e. The average molecular weight is 281 g/mol. The molecule has 0 unspecified atom stereocenters. The molecule has 0 amide bonds. The van der Waals surface area contributed by atoms with Crippen LogP contribution in [-0.4, -0.2) is 12.3 Å². The topological polar surface area (TPSA) is 29.1 Å². The lowest BCUT2D eigenvalue weighted by molar-refractivity contribution is 0.104. The molecule has 2 nitrogen and oxygen atoms in total. The van der Waals surface area contributed by atoms with E-state index in [1.54, 1.807) is 11.8 Å². The van der Waals surface area contributed by atoms with Gasteiger partial charge in [0.2, 0.25) is 5.78 Å². The molecule has 2 aromatic carbocycles. The van der Waals surface area contributed by atoms with E-state index in [-0.39, 0.29) is 5.78 Å². The lowest BCUT2D eigenvalue weighted by atomic mass is 10.1. The molecule has 0 atom stereocenters. The molecular formula is C17H15NOS. The Morgan fingerprint density at radius 2 is 1.75 bits per heavy atom. The second-order valence-corrected chi connectivity index (χ2v) is 5.58. The lowest BCUT2D eigenvalue weighted by Crippen LogP contribution is -2.14. The molecule has 0 saturated carbocycles. The highest BCUT2D eigenvalue weighted by atomic mass is 32.2. The van der Waals surface area contributed by atoms with E-state index in [1.165, 1.54) is 0 Å². The lowest BCUT2D eigenvalue weighted by Gasteiger charge is -2.12. The summed E-state index contributed by atoms with van der Waals surface area (Å²) >= 11 is 1.55. The normalized spacial score (nSPS) is 15.9. The number of nitrogens with one attached hydrogen (secondary N) is 1. The molecule has 100 valence electrons. The van der Waals surface area contributed by atoms with Gasteiger partial charge in [0.25, 0.3) is 0 Å². The summed E-state index contributed by atoms with van der Waals surface area (Å²) in [6.45, 7) is 2.83. The van der Waals surface area contributed by atoms with Crippen molar-refractivity contribution in [1.82, 2.24) is 5.32 Å². The van der Waals surface area contributed by atoms with Gasteiger partial charge in [-0.1, -0.05) is 54.2 Å². The maximum atomic E-state index is 12.6. The van der Waals surface area contributed by atoms with Crippen molar-refractivity contribution in [1.29, 1.82) is 0 Å². The Morgan fingerprint density at radius 1 is 1.05 bits per heavy atom. The third-order valence-electron chi connectivity index (χ3n) is 3.19. The second-order valence-electron chi connectivity index (χ2n) is 4.53. The van der Waals surface area contributed by atoms with E-state index in [4.69, 9.17) is 0 Å². The van der Waals surface area contributed by atoms with Crippen LogP contribution >= 0.6 is 11.8 Å². The fourth-order valence-electron chi connectivity index (χ4n) is 2.28. The van der Waals surface area contributed by atoms with Gasteiger partial charge in [0, 0.05) is 17.0 Å². The number of allylic oxidation sites excluding steroid dienone is 1. The molecule has 0 aromatic heterocycles. The van der Waals surface area contributed by atoms with Crippen LogP contribution in [0.4, 0.5) is 0 Å². The monoisotopic (exact) mass is 281 g/mol. The number of Topliss-reactive ketones (excluding diaryl/α,β-unsaturated/α-hetero) is 1. The predicted molar refractivity (Wildman–Crippen MR) is 83.7 cm³/mol. The van der Waals surface area contributed by atoms with Crippen LogP contribution in [-0.2, 0) is 0 Å². The average Bonchev–Trinajstić information content (AvgIpc) is 2.83. The second kappa shape index (κ2) is 5.55. The van der Waals surface area contributed by atoms with Crippen LogP contribution in [0, 0.1) is 0 Å². The predicted octanol–water partition coefficient (Wildman–Crippen LogP) is 3.95. The third kappa shape index (κ3) is 2.25. The first kappa shape index (κ1) is 13.0.